The molecule has 0 spiro atoms. The molecule has 0 saturated heterocycles. The quantitative estimate of drug-likeness (QED) is 0.491. The molecule has 2 heterocycles. The third-order valence-corrected chi connectivity index (χ3v) is 5.20. The highest BCUT2D eigenvalue weighted by Gasteiger charge is 2.19. The van der Waals surface area contributed by atoms with E-state index in [4.69, 9.17) is 20.2 Å². The highest BCUT2D eigenvalue weighted by molar-refractivity contribution is 5.83. The van der Waals surface area contributed by atoms with Crippen LogP contribution in [0.15, 0.2) is 55.0 Å². The largest absolute Gasteiger partial charge is 0.497 e. The number of fused-ring (bicyclic) bond motifs is 1. The number of aromatic nitrogens is 4. The van der Waals surface area contributed by atoms with Gasteiger partial charge in [-0.3, -0.25) is 9.67 Å². The summed E-state index contributed by atoms with van der Waals surface area (Å²) in [5, 5.41) is 4.23. The number of hydrogen-bond donors (Lipinski definition) is 1. The lowest BCUT2D eigenvalue weighted by molar-refractivity contribution is 0.394. The van der Waals surface area contributed by atoms with E-state index >= 15 is 0 Å². The van der Waals surface area contributed by atoms with Crippen molar-refractivity contribution in [2.24, 2.45) is 12.8 Å². The van der Waals surface area contributed by atoms with Crippen molar-refractivity contribution in [3.05, 3.63) is 55.0 Å². The highest BCUT2D eigenvalue weighted by Crippen LogP contribution is 2.35. The minimum Gasteiger partial charge on any atom is -0.497 e. The molecule has 4 rings (SSSR count). The first-order valence-electron chi connectivity index (χ1n) is 10.0. The fourth-order valence-corrected chi connectivity index (χ4v) is 3.54. The highest BCUT2D eigenvalue weighted by atomic mass is 16.5. The van der Waals surface area contributed by atoms with Crippen LogP contribution in [-0.4, -0.2) is 46.6 Å². The van der Waals surface area contributed by atoms with Gasteiger partial charge in [0.2, 0.25) is 0 Å². The van der Waals surface area contributed by atoms with Crippen molar-refractivity contribution in [1.29, 1.82) is 0 Å². The molecule has 31 heavy (non-hydrogen) atoms. The molecule has 8 nitrogen and oxygen atoms in total. The van der Waals surface area contributed by atoms with E-state index in [0.717, 1.165) is 33.7 Å². The minimum absolute atomic E-state index is 0.0312. The molecule has 2 aromatic carbocycles. The molecule has 0 saturated carbocycles. The van der Waals surface area contributed by atoms with Crippen LogP contribution in [0.3, 0.4) is 0 Å². The maximum atomic E-state index is 6.06. The zero-order valence-electron chi connectivity index (χ0n) is 18.1. The number of rotatable bonds is 7. The van der Waals surface area contributed by atoms with E-state index in [-0.39, 0.29) is 6.04 Å². The fourth-order valence-electron chi connectivity index (χ4n) is 3.54. The number of aryl methyl sites for hydroxylation is 1. The Kier molecular flexibility index (Phi) is 5.73. The number of ether oxygens (including phenoxy) is 2. The van der Waals surface area contributed by atoms with E-state index in [1.54, 1.807) is 31.3 Å². The van der Waals surface area contributed by atoms with E-state index in [0.29, 0.717) is 18.0 Å². The molecule has 8 heteroatoms. The molecule has 0 bridgehead atoms. The maximum absolute atomic E-state index is 6.06. The van der Waals surface area contributed by atoms with Crippen molar-refractivity contribution >= 4 is 22.4 Å². The average Bonchev–Trinajstić information content (AvgIpc) is 3.24. The SMILES string of the molecule is COc1cc(OC)cc(N(c2ccc3ncc(-c4cnn(C)c4)nc3c2)[C@@H](C)CN)c1. The summed E-state index contributed by atoms with van der Waals surface area (Å²) in [4.78, 5) is 11.6. The summed E-state index contributed by atoms with van der Waals surface area (Å²) in [6.07, 6.45) is 5.47. The van der Waals surface area contributed by atoms with Crippen LogP contribution in [0.1, 0.15) is 6.92 Å². The monoisotopic (exact) mass is 418 g/mol. The van der Waals surface area contributed by atoms with E-state index in [2.05, 4.69) is 21.9 Å². The van der Waals surface area contributed by atoms with Gasteiger partial charge in [-0.25, -0.2) is 4.98 Å². The van der Waals surface area contributed by atoms with Gasteiger partial charge in [-0.2, -0.15) is 5.10 Å². The normalized spacial score (nSPS) is 12.0. The van der Waals surface area contributed by atoms with Crippen molar-refractivity contribution < 1.29 is 9.47 Å². The Morgan fingerprint density at radius 1 is 1.00 bits per heavy atom. The summed E-state index contributed by atoms with van der Waals surface area (Å²) in [5.41, 5.74) is 11.3. The van der Waals surface area contributed by atoms with Crippen LogP contribution in [0.25, 0.3) is 22.3 Å². The van der Waals surface area contributed by atoms with Gasteiger partial charge >= 0.3 is 0 Å². The Bertz CT molecular complexity index is 1180. The topological polar surface area (TPSA) is 91.3 Å². The third-order valence-electron chi connectivity index (χ3n) is 5.20. The van der Waals surface area contributed by atoms with Gasteiger partial charge in [0.05, 0.1) is 43.3 Å². The van der Waals surface area contributed by atoms with Crippen LogP contribution in [0, 0.1) is 0 Å². The summed E-state index contributed by atoms with van der Waals surface area (Å²) in [5.74, 6) is 1.42. The molecule has 0 fully saturated rings. The first kappa shape index (κ1) is 20.6. The number of nitrogens with zero attached hydrogens (tertiary/aromatic N) is 5. The van der Waals surface area contributed by atoms with Gasteiger partial charge in [-0.05, 0) is 25.1 Å². The number of benzene rings is 2. The second kappa shape index (κ2) is 8.61. The molecular formula is C23H26N6O2. The Morgan fingerprint density at radius 3 is 2.35 bits per heavy atom. The van der Waals surface area contributed by atoms with Crippen molar-refractivity contribution in [1.82, 2.24) is 19.7 Å². The van der Waals surface area contributed by atoms with Crippen molar-refractivity contribution in [3.8, 4) is 22.8 Å². The van der Waals surface area contributed by atoms with Crippen LogP contribution in [0.5, 0.6) is 11.5 Å². The van der Waals surface area contributed by atoms with Crippen molar-refractivity contribution in [2.75, 3.05) is 25.7 Å². The zero-order valence-corrected chi connectivity index (χ0v) is 18.1. The summed E-state index contributed by atoms with van der Waals surface area (Å²) >= 11 is 0. The van der Waals surface area contributed by atoms with Gasteiger partial charge in [0.1, 0.15) is 11.5 Å². The number of hydrogen-bond acceptors (Lipinski definition) is 7. The molecule has 0 amide bonds. The summed E-state index contributed by atoms with van der Waals surface area (Å²) in [6.45, 7) is 2.55. The maximum Gasteiger partial charge on any atom is 0.124 e. The zero-order chi connectivity index (χ0) is 22.0. The van der Waals surface area contributed by atoms with Crippen molar-refractivity contribution in [3.63, 3.8) is 0 Å². The molecule has 0 radical (unpaired) electrons. The number of methoxy groups -OCH3 is 2. The molecule has 2 aromatic heterocycles. The standard InChI is InChI=1S/C23H26N6O2/c1-15(11-24)29(18-7-19(30-3)10-20(8-18)31-4)17-5-6-21-22(9-17)27-23(13-25-21)16-12-26-28(2)14-16/h5-10,12-15H,11,24H2,1-4H3/t15-/m0/s1. The predicted octanol–water partition coefficient (Wildman–Crippen LogP) is 3.53. The van der Waals surface area contributed by atoms with E-state index in [9.17, 15) is 0 Å². The fraction of sp³-hybridized carbons (Fsp3) is 0.261. The smallest absolute Gasteiger partial charge is 0.124 e. The van der Waals surface area contributed by atoms with Gasteiger partial charge in [-0.15, -0.1) is 0 Å². The molecule has 0 aliphatic rings. The van der Waals surface area contributed by atoms with Gasteiger partial charge in [0.15, 0.2) is 0 Å². The lowest BCUT2D eigenvalue weighted by atomic mass is 10.1. The first-order valence-corrected chi connectivity index (χ1v) is 10.0. The van der Waals surface area contributed by atoms with Gasteiger partial charge < -0.3 is 20.1 Å². The van der Waals surface area contributed by atoms with Crippen molar-refractivity contribution in [2.45, 2.75) is 13.0 Å². The molecule has 0 aliphatic heterocycles. The van der Waals surface area contributed by atoms with Gasteiger partial charge in [0.25, 0.3) is 0 Å². The molecule has 160 valence electrons. The van der Waals surface area contributed by atoms with Crippen LogP contribution < -0.4 is 20.1 Å². The Balaban J connectivity index is 1.82. The summed E-state index contributed by atoms with van der Waals surface area (Å²) in [7, 11) is 5.16. The predicted molar refractivity (Wildman–Crippen MR) is 122 cm³/mol. The second-order valence-electron chi connectivity index (χ2n) is 7.36. The van der Waals surface area contributed by atoms with Crippen LogP contribution in [0.2, 0.25) is 0 Å². The van der Waals surface area contributed by atoms with Crippen LogP contribution in [-0.2, 0) is 7.05 Å². The molecule has 4 aromatic rings. The second-order valence-corrected chi connectivity index (χ2v) is 7.36. The molecule has 0 aliphatic carbocycles. The molecule has 0 unspecified atom stereocenters. The van der Waals surface area contributed by atoms with Gasteiger partial charge in [-0.1, -0.05) is 0 Å². The summed E-state index contributed by atoms with van der Waals surface area (Å²) in [6, 6.07) is 11.8. The Hall–Kier alpha value is -3.65. The molecular weight excluding hydrogens is 392 g/mol. The van der Waals surface area contributed by atoms with E-state index < -0.39 is 0 Å². The van der Waals surface area contributed by atoms with Crippen LogP contribution in [0.4, 0.5) is 11.4 Å². The lowest BCUT2D eigenvalue weighted by Crippen LogP contribution is -2.34. The van der Waals surface area contributed by atoms with E-state index in [1.807, 2.05) is 49.6 Å². The van der Waals surface area contributed by atoms with Crippen LogP contribution >= 0.6 is 0 Å². The Morgan fingerprint density at radius 2 is 1.74 bits per heavy atom. The summed E-state index contributed by atoms with van der Waals surface area (Å²) < 4.78 is 12.7. The number of anilines is 2. The van der Waals surface area contributed by atoms with Gasteiger partial charge in [0, 0.05) is 61.0 Å². The first-order chi connectivity index (χ1) is 15.0. The lowest BCUT2D eigenvalue weighted by Gasteiger charge is -2.31. The Labute approximate surface area is 181 Å². The number of nitrogens with two attached hydrogens (primary N) is 1. The van der Waals surface area contributed by atoms with E-state index in [1.165, 1.54) is 0 Å². The average molecular weight is 419 g/mol. The molecule has 2 N–H and O–H groups in total. The molecule has 1 atom stereocenters. The third kappa shape index (κ3) is 4.15. The minimum atomic E-state index is 0.0312.